The fraction of sp³-hybridized carbons (Fsp3) is 1.00. The van der Waals surface area contributed by atoms with Crippen LogP contribution in [0, 0.1) is 5.92 Å². The Morgan fingerprint density at radius 3 is 1.72 bits per heavy atom. The molecule has 0 saturated carbocycles. The number of rotatable bonds is 4. The molecular formula is C14H26O4. The molecule has 2 aliphatic heterocycles. The molecular weight excluding hydrogens is 232 g/mol. The zero-order valence-electron chi connectivity index (χ0n) is 12.1. The molecule has 0 radical (unpaired) electrons. The van der Waals surface area contributed by atoms with Crippen LogP contribution in [-0.2, 0) is 18.9 Å². The molecule has 0 N–H and O–H groups in total. The topological polar surface area (TPSA) is 36.9 Å². The van der Waals surface area contributed by atoms with Gasteiger partial charge in [-0.2, -0.15) is 0 Å². The summed E-state index contributed by atoms with van der Waals surface area (Å²) in [5.74, 6) is 0.371. The summed E-state index contributed by atoms with van der Waals surface area (Å²) in [6.07, 6.45) is 2.54. The Kier molecular flexibility index (Phi) is 4.64. The molecule has 0 aliphatic carbocycles. The fourth-order valence-corrected chi connectivity index (χ4v) is 2.35. The predicted octanol–water partition coefficient (Wildman–Crippen LogP) is 2.70. The van der Waals surface area contributed by atoms with E-state index in [4.69, 9.17) is 18.9 Å². The van der Waals surface area contributed by atoms with Crippen molar-refractivity contribution in [3.63, 3.8) is 0 Å². The summed E-state index contributed by atoms with van der Waals surface area (Å²) >= 11 is 0. The molecule has 5 unspecified atom stereocenters. The van der Waals surface area contributed by atoms with E-state index in [-0.39, 0.29) is 37.0 Å². The van der Waals surface area contributed by atoms with Crippen LogP contribution in [0.3, 0.4) is 0 Å². The van der Waals surface area contributed by atoms with Crippen molar-refractivity contribution >= 4 is 0 Å². The summed E-state index contributed by atoms with van der Waals surface area (Å²) in [5.41, 5.74) is 0. The highest BCUT2D eigenvalue weighted by Crippen LogP contribution is 2.29. The molecule has 0 bridgehead atoms. The van der Waals surface area contributed by atoms with E-state index in [1.54, 1.807) is 0 Å². The molecule has 2 saturated heterocycles. The molecule has 106 valence electrons. The molecule has 2 aliphatic rings. The van der Waals surface area contributed by atoms with E-state index in [1.807, 2.05) is 0 Å². The highest BCUT2D eigenvalue weighted by molar-refractivity contribution is 4.74. The van der Waals surface area contributed by atoms with Crippen LogP contribution in [0.2, 0.25) is 0 Å². The Morgan fingerprint density at radius 2 is 1.22 bits per heavy atom. The number of ether oxygens (including phenoxy) is 4. The van der Waals surface area contributed by atoms with E-state index >= 15 is 0 Å². The van der Waals surface area contributed by atoms with Crippen molar-refractivity contribution in [1.82, 2.24) is 0 Å². The molecule has 0 aromatic heterocycles. The highest BCUT2D eigenvalue weighted by Gasteiger charge is 2.35. The molecule has 5 atom stereocenters. The zero-order valence-corrected chi connectivity index (χ0v) is 12.1. The minimum absolute atomic E-state index is 0.0614. The molecule has 0 aromatic carbocycles. The first kappa shape index (κ1) is 14.3. The van der Waals surface area contributed by atoms with E-state index < -0.39 is 0 Å². The lowest BCUT2D eigenvalue weighted by Gasteiger charge is -2.19. The van der Waals surface area contributed by atoms with Crippen LogP contribution in [0.1, 0.15) is 47.5 Å². The molecule has 0 amide bonds. The number of hydrogen-bond acceptors (Lipinski definition) is 4. The van der Waals surface area contributed by atoms with Gasteiger partial charge in [-0.05, 0) is 40.5 Å². The van der Waals surface area contributed by atoms with Gasteiger partial charge in [0.25, 0.3) is 0 Å². The zero-order chi connectivity index (χ0) is 13.3. The highest BCUT2D eigenvalue weighted by atomic mass is 16.7. The summed E-state index contributed by atoms with van der Waals surface area (Å²) < 4.78 is 23.0. The Labute approximate surface area is 110 Å². The van der Waals surface area contributed by atoms with E-state index in [9.17, 15) is 0 Å². The van der Waals surface area contributed by atoms with Crippen molar-refractivity contribution in [2.75, 3.05) is 0 Å². The van der Waals surface area contributed by atoms with E-state index in [1.165, 1.54) is 0 Å². The van der Waals surface area contributed by atoms with Crippen molar-refractivity contribution < 1.29 is 18.9 Å². The van der Waals surface area contributed by atoms with Gasteiger partial charge in [-0.1, -0.05) is 6.92 Å². The van der Waals surface area contributed by atoms with Gasteiger partial charge in [0.15, 0.2) is 12.6 Å². The van der Waals surface area contributed by atoms with Crippen LogP contribution in [0.15, 0.2) is 0 Å². The molecule has 0 spiro atoms. The molecule has 4 nitrogen and oxygen atoms in total. The minimum Gasteiger partial charge on any atom is -0.347 e. The molecule has 0 aromatic rings. The molecule has 2 rings (SSSR count). The van der Waals surface area contributed by atoms with Crippen molar-refractivity contribution in [2.24, 2.45) is 5.92 Å². The lowest BCUT2D eigenvalue weighted by molar-refractivity contribution is -0.111. The first-order chi connectivity index (χ1) is 8.47. The van der Waals surface area contributed by atoms with Gasteiger partial charge >= 0.3 is 0 Å². The number of hydrogen-bond donors (Lipinski definition) is 0. The summed E-state index contributed by atoms with van der Waals surface area (Å²) in [5, 5.41) is 0. The Bertz CT molecular complexity index is 251. The normalized spacial score (nSPS) is 46.5. The van der Waals surface area contributed by atoms with Crippen molar-refractivity contribution in [3.8, 4) is 0 Å². The maximum atomic E-state index is 5.79. The lowest BCUT2D eigenvalue weighted by atomic mass is 10.1. The SMILES string of the molecule is CC(CCC1OC(C)C(C)O1)C1OC(C)C(C)O1. The fourth-order valence-electron chi connectivity index (χ4n) is 2.35. The quantitative estimate of drug-likeness (QED) is 0.777. The third kappa shape index (κ3) is 3.23. The maximum Gasteiger partial charge on any atom is 0.161 e. The molecule has 2 heterocycles. The van der Waals surface area contributed by atoms with Crippen molar-refractivity contribution in [1.29, 1.82) is 0 Å². The monoisotopic (exact) mass is 258 g/mol. The van der Waals surface area contributed by atoms with Crippen LogP contribution in [-0.4, -0.2) is 37.0 Å². The van der Waals surface area contributed by atoms with E-state index in [0.717, 1.165) is 12.8 Å². The van der Waals surface area contributed by atoms with Crippen LogP contribution >= 0.6 is 0 Å². The summed E-state index contributed by atoms with van der Waals surface area (Å²) in [6.45, 7) is 10.4. The Morgan fingerprint density at radius 1 is 0.778 bits per heavy atom. The summed E-state index contributed by atoms with van der Waals surface area (Å²) in [7, 11) is 0. The second-order valence-corrected chi connectivity index (χ2v) is 5.72. The van der Waals surface area contributed by atoms with Gasteiger partial charge in [0.1, 0.15) is 0 Å². The summed E-state index contributed by atoms with van der Waals surface area (Å²) in [6, 6.07) is 0. The van der Waals surface area contributed by atoms with Gasteiger partial charge in [-0.15, -0.1) is 0 Å². The smallest absolute Gasteiger partial charge is 0.161 e. The van der Waals surface area contributed by atoms with E-state index in [0.29, 0.717) is 5.92 Å². The van der Waals surface area contributed by atoms with Crippen LogP contribution < -0.4 is 0 Å². The maximum absolute atomic E-state index is 5.79. The van der Waals surface area contributed by atoms with E-state index in [2.05, 4.69) is 34.6 Å². The third-order valence-electron chi connectivity index (χ3n) is 4.07. The third-order valence-corrected chi connectivity index (χ3v) is 4.07. The Balaban J connectivity index is 1.71. The second kappa shape index (κ2) is 5.87. The van der Waals surface area contributed by atoms with Gasteiger partial charge < -0.3 is 18.9 Å². The van der Waals surface area contributed by atoms with Gasteiger partial charge in [-0.25, -0.2) is 0 Å². The lowest BCUT2D eigenvalue weighted by Crippen LogP contribution is -2.21. The Hall–Kier alpha value is -0.160. The summed E-state index contributed by atoms with van der Waals surface area (Å²) in [4.78, 5) is 0. The minimum atomic E-state index is -0.0775. The van der Waals surface area contributed by atoms with Crippen LogP contribution in [0.25, 0.3) is 0 Å². The molecule has 2 fully saturated rings. The first-order valence-corrected chi connectivity index (χ1v) is 7.09. The van der Waals surface area contributed by atoms with Gasteiger partial charge in [0.2, 0.25) is 0 Å². The standard InChI is InChI=1S/C14H26O4/c1-8(14-17-11(4)12(5)18-14)6-7-13-15-9(2)10(3)16-13/h8-14H,6-7H2,1-5H3. The van der Waals surface area contributed by atoms with Gasteiger partial charge in [-0.3, -0.25) is 0 Å². The predicted molar refractivity (Wildman–Crippen MR) is 68.2 cm³/mol. The van der Waals surface area contributed by atoms with Crippen LogP contribution in [0.4, 0.5) is 0 Å². The molecule has 18 heavy (non-hydrogen) atoms. The largest absolute Gasteiger partial charge is 0.347 e. The van der Waals surface area contributed by atoms with Crippen molar-refractivity contribution in [3.05, 3.63) is 0 Å². The second-order valence-electron chi connectivity index (χ2n) is 5.72. The van der Waals surface area contributed by atoms with Gasteiger partial charge in [0, 0.05) is 5.92 Å². The van der Waals surface area contributed by atoms with Gasteiger partial charge in [0.05, 0.1) is 24.4 Å². The average molecular weight is 258 g/mol. The van der Waals surface area contributed by atoms with Crippen molar-refractivity contribution in [2.45, 2.75) is 84.5 Å². The first-order valence-electron chi connectivity index (χ1n) is 7.09. The molecule has 4 heteroatoms. The van der Waals surface area contributed by atoms with Crippen LogP contribution in [0.5, 0.6) is 0 Å². The average Bonchev–Trinajstić information content (AvgIpc) is 2.81.